The summed E-state index contributed by atoms with van der Waals surface area (Å²) in [5, 5.41) is 3.67. The van der Waals surface area contributed by atoms with Crippen LogP contribution in [0.15, 0.2) is 113 Å². The van der Waals surface area contributed by atoms with Crippen molar-refractivity contribution in [2.24, 2.45) is 5.11 Å². The molecule has 0 heterocycles. The third kappa shape index (κ3) is 5.53. The van der Waals surface area contributed by atoms with Crippen molar-refractivity contribution in [3.05, 3.63) is 136 Å². The SMILES string of the molecule is Cc1ccc(S(=O)(=O)N(C#Cc2ccccc2N=[N+]=[N-])c2ccccc2Cc2ccccc2)cc1. The monoisotopic (exact) mass is 478 g/mol. The molecule has 0 aliphatic rings. The van der Waals surface area contributed by atoms with Gasteiger partial charge in [-0.1, -0.05) is 89.5 Å². The van der Waals surface area contributed by atoms with Gasteiger partial charge in [0, 0.05) is 16.5 Å². The Morgan fingerprint density at radius 3 is 2.26 bits per heavy atom. The number of sulfonamides is 1. The minimum Gasteiger partial charge on any atom is -0.200 e. The second-order valence-corrected chi connectivity index (χ2v) is 9.60. The Morgan fingerprint density at radius 1 is 0.857 bits per heavy atom. The van der Waals surface area contributed by atoms with Crippen molar-refractivity contribution in [3.63, 3.8) is 0 Å². The Balaban J connectivity index is 1.88. The highest BCUT2D eigenvalue weighted by Crippen LogP contribution is 2.29. The molecule has 0 fully saturated rings. The average molecular weight is 479 g/mol. The molecular formula is C28H22N4O2S. The van der Waals surface area contributed by atoms with Gasteiger partial charge in [0.2, 0.25) is 0 Å². The van der Waals surface area contributed by atoms with Crippen molar-refractivity contribution in [1.29, 1.82) is 0 Å². The van der Waals surface area contributed by atoms with Crippen molar-refractivity contribution in [2.75, 3.05) is 4.31 Å². The van der Waals surface area contributed by atoms with Gasteiger partial charge < -0.3 is 0 Å². The summed E-state index contributed by atoms with van der Waals surface area (Å²) in [5.41, 5.74) is 12.9. The zero-order valence-corrected chi connectivity index (χ0v) is 19.9. The number of benzene rings is 4. The second-order valence-electron chi connectivity index (χ2n) is 7.82. The molecule has 4 aromatic carbocycles. The predicted molar refractivity (Wildman–Crippen MR) is 139 cm³/mol. The van der Waals surface area contributed by atoms with Gasteiger partial charge in [-0.25, -0.2) is 8.42 Å². The van der Waals surface area contributed by atoms with E-state index in [1.807, 2.05) is 49.4 Å². The normalized spacial score (nSPS) is 10.5. The van der Waals surface area contributed by atoms with Crippen LogP contribution in [0.3, 0.4) is 0 Å². The third-order valence-corrected chi connectivity index (χ3v) is 6.99. The summed E-state index contributed by atoms with van der Waals surface area (Å²) in [6.45, 7) is 1.90. The lowest BCUT2D eigenvalue weighted by atomic mass is 10.0. The quantitative estimate of drug-likeness (QED) is 0.101. The first-order valence-electron chi connectivity index (χ1n) is 10.9. The number of rotatable bonds is 6. The number of hydrogen-bond donors (Lipinski definition) is 0. The molecule has 4 rings (SSSR count). The molecule has 0 saturated heterocycles. The highest BCUT2D eigenvalue weighted by atomic mass is 32.2. The molecule has 0 aromatic heterocycles. The smallest absolute Gasteiger partial charge is 0.200 e. The Kier molecular flexibility index (Phi) is 7.18. The van der Waals surface area contributed by atoms with Gasteiger partial charge in [0.15, 0.2) is 0 Å². The van der Waals surface area contributed by atoms with Crippen LogP contribution >= 0.6 is 0 Å². The number of nitrogens with zero attached hydrogens (tertiary/aromatic N) is 4. The zero-order chi connectivity index (χ0) is 24.7. The molecule has 0 N–H and O–H groups in total. The Bertz CT molecular complexity index is 1550. The maximum atomic E-state index is 13.8. The van der Waals surface area contributed by atoms with Crippen LogP contribution < -0.4 is 4.31 Å². The van der Waals surface area contributed by atoms with Gasteiger partial charge in [0.05, 0.1) is 16.3 Å². The molecule has 0 bridgehead atoms. The lowest BCUT2D eigenvalue weighted by Crippen LogP contribution is -2.27. The molecule has 172 valence electrons. The van der Waals surface area contributed by atoms with Gasteiger partial charge in [-0.2, -0.15) is 4.31 Å². The summed E-state index contributed by atoms with van der Waals surface area (Å²) in [5.74, 6) is 2.91. The molecule has 0 aliphatic heterocycles. The standard InChI is InChI=1S/C28H22N4O2S/c1-22-15-17-26(18-16-22)35(33,34)32(20-19-24-11-5-7-13-27(24)30-31-29)28-14-8-6-12-25(28)21-23-9-3-2-4-10-23/h2-18H,21H2,1H3. The van der Waals surface area contributed by atoms with Crippen molar-refractivity contribution >= 4 is 21.4 Å². The van der Waals surface area contributed by atoms with E-state index in [0.717, 1.165) is 21.0 Å². The van der Waals surface area contributed by atoms with Crippen molar-refractivity contribution in [3.8, 4) is 12.0 Å². The van der Waals surface area contributed by atoms with E-state index in [1.165, 1.54) is 0 Å². The van der Waals surface area contributed by atoms with Crippen LogP contribution in [0.2, 0.25) is 0 Å². The molecule has 0 amide bonds. The fraction of sp³-hybridized carbons (Fsp3) is 0.0714. The Morgan fingerprint density at radius 2 is 1.51 bits per heavy atom. The van der Waals surface area contributed by atoms with Crippen LogP contribution in [0.5, 0.6) is 0 Å². The summed E-state index contributed by atoms with van der Waals surface area (Å²) < 4.78 is 28.8. The van der Waals surface area contributed by atoms with E-state index in [1.54, 1.807) is 60.7 Å². The molecule has 0 saturated carbocycles. The fourth-order valence-electron chi connectivity index (χ4n) is 3.57. The minimum atomic E-state index is -4.02. The number of aryl methyl sites for hydroxylation is 1. The molecule has 0 radical (unpaired) electrons. The summed E-state index contributed by atoms with van der Waals surface area (Å²) in [6, 6.07) is 33.4. The third-order valence-electron chi connectivity index (χ3n) is 5.36. The topological polar surface area (TPSA) is 86.1 Å². The second kappa shape index (κ2) is 10.6. The van der Waals surface area contributed by atoms with Crippen LogP contribution in [0.1, 0.15) is 22.3 Å². The zero-order valence-electron chi connectivity index (χ0n) is 19.0. The van der Waals surface area contributed by atoms with Crippen LogP contribution in [0, 0.1) is 18.9 Å². The molecule has 4 aromatic rings. The largest absolute Gasteiger partial charge is 0.275 e. The van der Waals surface area contributed by atoms with Gasteiger partial charge >= 0.3 is 0 Å². The number of para-hydroxylation sites is 1. The number of hydrogen-bond acceptors (Lipinski definition) is 3. The summed E-state index contributed by atoms with van der Waals surface area (Å²) >= 11 is 0. The first-order chi connectivity index (χ1) is 17.0. The summed E-state index contributed by atoms with van der Waals surface area (Å²) in [4.78, 5) is 2.98. The predicted octanol–water partition coefficient (Wildman–Crippen LogP) is 6.73. The first-order valence-corrected chi connectivity index (χ1v) is 12.3. The lowest BCUT2D eigenvalue weighted by molar-refractivity contribution is 0.596. The minimum absolute atomic E-state index is 0.134. The molecule has 7 heteroatoms. The fourth-order valence-corrected chi connectivity index (χ4v) is 4.86. The molecule has 0 spiro atoms. The van der Waals surface area contributed by atoms with E-state index in [0.29, 0.717) is 23.4 Å². The summed E-state index contributed by atoms with van der Waals surface area (Å²) in [7, 11) is -4.02. The average Bonchev–Trinajstić information content (AvgIpc) is 2.87. The van der Waals surface area contributed by atoms with Gasteiger partial charge in [-0.3, -0.25) is 0 Å². The van der Waals surface area contributed by atoms with E-state index < -0.39 is 10.0 Å². The highest BCUT2D eigenvalue weighted by Gasteiger charge is 2.26. The van der Waals surface area contributed by atoms with E-state index in [9.17, 15) is 8.42 Å². The Labute approximate surface area is 205 Å². The number of azide groups is 1. The van der Waals surface area contributed by atoms with Crippen LogP contribution in [-0.4, -0.2) is 8.42 Å². The molecule has 0 unspecified atom stereocenters. The van der Waals surface area contributed by atoms with E-state index in [4.69, 9.17) is 5.53 Å². The van der Waals surface area contributed by atoms with Crippen LogP contribution in [-0.2, 0) is 16.4 Å². The van der Waals surface area contributed by atoms with Gasteiger partial charge in [-0.05, 0) is 60.2 Å². The van der Waals surface area contributed by atoms with Crippen molar-refractivity contribution < 1.29 is 8.42 Å². The summed E-state index contributed by atoms with van der Waals surface area (Å²) in [6.07, 6.45) is 0.536. The van der Waals surface area contributed by atoms with Gasteiger partial charge in [0.1, 0.15) is 0 Å². The van der Waals surface area contributed by atoms with Crippen LogP contribution in [0.4, 0.5) is 11.4 Å². The van der Waals surface area contributed by atoms with E-state index >= 15 is 0 Å². The molecular weight excluding hydrogens is 456 g/mol. The lowest BCUT2D eigenvalue weighted by Gasteiger charge is -2.21. The maximum Gasteiger partial charge on any atom is 0.275 e. The van der Waals surface area contributed by atoms with Crippen molar-refractivity contribution in [1.82, 2.24) is 0 Å². The van der Waals surface area contributed by atoms with Gasteiger partial charge in [-0.15, -0.1) is 0 Å². The maximum absolute atomic E-state index is 13.8. The van der Waals surface area contributed by atoms with E-state index in [-0.39, 0.29) is 4.90 Å². The van der Waals surface area contributed by atoms with E-state index in [2.05, 4.69) is 22.0 Å². The first kappa shape index (κ1) is 23.7. The molecule has 0 atom stereocenters. The Hall–Kier alpha value is -4.50. The highest BCUT2D eigenvalue weighted by molar-refractivity contribution is 7.93. The van der Waals surface area contributed by atoms with Gasteiger partial charge in [0.25, 0.3) is 10.0 Å². The number of anilines is 1. The molecule has 35 heavy (non-hydrogen) atoms. The van der Waals surface area contributed by atoms with Crippen molar-refractivity contribution in [2.45, 2.75) is 18.2 Å². The van der Waals surface area contributed by atoms with Crippen LogP contribution in [0.25, 0.3) is 10.4 Å². The molecule has 0 aliphatic carbocycles. The molecule has 6 nitrogen and oxygen atoms in total.